The lowest BCUT2D eigenvalue weighted by molar-refractivity contribution is -0.135. The Morgan fingerprint density at radius 1 is 1.26 bits per heavy atom. The Bertz CT molecular complexity index is 701. The fourth-order valence-corrected chi connectivity index (χ4v) is 4.05. The Labute approximate surface area is 136 Å². The number of rotatable bonds is 3. The number of aromatic nitrogens is 2. The zero-order chi connectivity index (χ0) is 16.0. The van der Waals surface area contributed by atoms with Crippen molar-refractivity contribution in [3.8, 4) is 0 Å². The van der Waals surface area contributed by atoms with Crippen LogP contribution < -0.4 is 5.56 Å². The fraction of sp³-hybridized carbons (Fsp3) is 0.611. The number of fused-ring (bicyclic) bond motifs is 2. The summed E-state index contributed by atoms with van der Waals surface area (Å²) in [6, 6.07) is 2.15. The van der Waals surface area contributed by atoms with Crippen LogP contribution in [0.4, 0.5) is 0 Å². The van der Waals surface area contributed by atoms with E-state index in [0.717, 1.165) is 31.6 Å². The van der Waals surface area contributed by atoms with Gasteiger partial charge in [-0.1, -0.05) is 11.6 Å². The standard InChI is InChI=1S/C18H23N3O2/c1-12-6-17(22)20(11-19-12)10-18(23)21-15-4-5-16(21)9-14(8-15)7-13-2-3-13/h6-7,11,13,15-16H,2-5,8-10H2,1H3. The van der Waals surface area contributed by atoms with E-state index in [9.17, 15) is 9.59 Å². The van der Waals surface area contributed by atoms with Crippen LogP contribution in [0, 0.1) is 12.8 Å². The summed E-state index contributed by atoms with van der Waals surface area (Å²) in [7, 11) is 0. The van der Waals surface area contributed by atoms with E-state index in [1.54, 1.807) is 12.5 Å². The topological polar surface area (TPSA) is 55.2 Å². The molecule has 3 aliphatic rings. The molecule has 1 aliphatic carbocycles. The summed E-state index contributed by atoms with van der Waals surface area (Å²) in [5.74, 6) is 0.875. The Kier molecular flexibility index (Phi) is 3.58. The van der Waals surface area contributed by atoms with Gasteiger partial charge in [0.05, 0.1) is 6.33 Å². The molecule has 1 amide bonds. The van der Waals surface area contributed by atoms with Crippen LogP contribution in [-0.4, -0.2) is 32.4 Å². The monoisotopic (exact) mass is 313 g/mol. The van der Waals surface area contributed by atoms with Gasteiger partial charge in [-0.05, 0) is 51.4 Å². The zero-order valence-corrected chi connectivity index (χ0v) is 13.6. The lowest BCUT2D eigenvalue weighted by atomic mass is 9.95. The van der Waals surface area contributed by atoms with Crippen molar-refractivity contribution < 1.29 is 4.79 Å². The van der Waals surface area contributed by atoms with Gasteiger partial charge < -0.3 is 4.90 Å². The van der Waals surface area contributed by atoms with E-state index < -0.39 is 0 Å². The molecule has 2 unspecified atom stereocenters. The van der Waals surface area contributed by atoms with Gasteiger partial charge in [0.15, 0.2) is 0 Å². The molecule has 1 aromatic rings. The van der Waals surface area contributed by atoms with Crippen molar-refractivity contribution in [2.75, 3.05) is 0 Å². The molecular formula is C18H23N3O2. The number of piperidine rings is 1. The van der Waals surface area contributed by atoms with Crippen LogP contribution in [0.25, 0.3) is 0 Å². The van der Waals surface area contributed by atoms with Crippen molar-refractivity contribution in [2.45, 2.75) is 64.1 Å². The Morgan fingerprint density at radius 2 is 1.96 bits per heavy atom. The number of aryl methyl sites for hydroxylation is 1. The molecular weight excluding hydrogens is 290 g/mol. The van der Waals surface area contributed by atoms with Crippen molar-refractivity contribution in [1.82, 2.24) is 14.5 Å². The minimum absolute atomic E-state index is 0.0655. The molecule has 3 heterocycles. The van der Waals surface area contributed by atoms with Crippen LogP contribution in [0.1, 0.15) is 44.2 Å². The first-order chi connectivity index (χ1) is 11.1. The molecule has 3 fully saturated rings. The number of carbonyl (C=O) groups is 1. The normalized spacial score (nSPS) is 26.5. The minimum atomic E-state index is -0.149. The highest BCUT2D eigenvalue weighted by molar-refractivity contribution is 5.77. The molecule has 23 heavy (non-hydrogen) atoms. The van der Waals surface area contributed by atoms with Gasteiger partial charge in [0.25, 0.3) is 5.56 Å². The highest BCUT2D eigenvalue weighted by Crippen LogP contribution is 2.41. The van der Waals surface area contributed by atoms with Crippen molar-refractivity contribution in [1.29, 1.82) is 0 Å². The molecule has 2 bridgehead atoms. The molecule has 4 rings (SSSR count). The van der Waals surface area contributed by atoms with E-state index in [1.165, 1.54) is 29.8 Å². The molecule has 1 saturated carbocycles. The van der Waals surface area contributed by atoms with Gasteiger partial charge in [-0.2, -0.15) is 0 Å². The number of hydrogen-bond donors (Lipinski definition) is 0. The van der Waals surface area contributed by atoms with Crippen LogP contribution in [0.15, 0.2) is 28.8 Å². The molecule has 2 saturated heterocycles. The Morgan fingerprint density at radius 3 is 2.57 bits per heavy atom. The first-order valence-electron chi connectivity index (χ1n) is 8.64. The van der Waals surface area contributed by atoms with Gasteiger partial charge in [-0.25, -0.2) is 4.98 Å². The second-order valence-corrected chi connectivity index (χ2v) is 7.25. The van der Waals surface area contributed by atoms with Crippen molar-refractivity contribution in [2.24, 2.45) is 5.92 Å². The maximum absolute atomic E-state index is 12.7. The third kappa shape index (κ3) is 2.96. The predicted octanol–water partition coefficient (Wildman–Crippen LogP) is 2.04. The van der Waals surface area contributed by atoms with Crippen LogP contribution in [0.2, 0.25) is 0 Å². The van der Waals surface area contributed by atoms with Crippen molar-refractivity contribution in [3.63, 3.8) is 0 Å². The van der Waals surface area contributed by atoms with Crippen LogP contribution in [0.5, 0.6) is 0 Å². The number of hydrogen-bond acceptors (Lipinski definition) is 3. The molecule has 122 valence electrons. The Hall–Kier alpha value is -1.91. The summed E-state index contributed by atoms with van der Waals surface area (Å²) in [6.45, 7) is 1.90. The molecule has 0 N–H and O–H groups in total. The maximum atomic E-state index is 12.7. The summed E-state index contributed by atoms with van der Waals surface area (Å²) >= 11 is 0. The smallest absolute Gasteiger partial charge is 0.253 e. The fourth-order valence-electron chi connectivity index (χ4n) is 4.05. The average Bonchev–Trinajstić information content (AvgIpc) is 3.27. The zero-order valence-electron chi connectivity index (χ0n) is 13.6. The average molecular weight is 313 g/mol. The van der Waals surface area contributed by atoms with E-state index in [1.807, 2.05) is 0 Å². The SMILES string of the molecule is Cc1cc(=O)n(CC(=O)N2C3CCC2CC(=CC2CC2)C3)cn1. The van der Waals surface area contributed by atoms with Gasteiger partial charge >= 0.3 is 0 Å². The molecule has 5 nitrogen and oxygen atoms in total. The third-order valence-electron chi connectivity index (χ3n) is 5.32. The van der Waals surface area contributed by atoms with E-state index in [2.05, 4.69) is 16.0 Å². The van der Waals surface area contributed by atoms with E-state index in [-0.39, 0.29) is 18.0 Å². The summed E-state index contributed by atoms with van der Waals surface area (Å²) in [5, 5.41) is 0. The van der Waals surface area contributed by atoms with Gasteiger partial charge in [0, 0.05) is 23.8 Å². The van der Waals surface area contributed by atoms with E-state index in [0.29, 0.717) is 17.8 Å². The minimum Gasteiger partial charge on any atom is -0.335 e. The summed E-state index contributed by atoms with van der Waals surface area (Å²) < 4.78 is 1.42. The van der Waals surface area contributed by atoms with Gasteiger partial charge in [0.2, 0.25) is 5.91 Å². The van der Waals surface area contributed by atoms with Gasteiger partial charge in [-0.15, -0.1) is 0 Å². The van der Waals surface area contributed by atoms with E-state index >= 15 is 0 Å². The largest absolute Gasteiger partial charge is 0.335 e. The predicted molar refractivity (Wildman–Crippen MR) is 86.9 cm³/mol. The molecule has 2 atom stereocenters. The number of allylic oxidation sites excluding steroid dienone is 1. The highest BCUT2D eigenvalue weighted by atomic mass is 16.2. The lowest BCUT2D eigenvalue weighted by Gasteiger charge is -2.36. The molecule has 2 aliphatic heterocycles. The third-order valence-corrected chi connectivity index (χ3v) is 5.32. The van der Waals surface area contributed by atoms with E-state index in [4.69, 9.17) is 0 Å². The second-order valence-electron chi connectivity index (χ2n) is 7.25. The highest BCUT2D eigenvalue weighted by Gasteiger charge is 2.41. The van der Waals surface area contributed by atoms with Crippen LogP contribution in [0.3, 0.4) is 0 Å². The van der Waals surface area contributed by atoms with Crippen LogP contribution >= 0.6 is 0 Å². The number of amides is 1. The second kappa shape index (κ2) is 5.62. The summed E-state index contributed by atoms with van der Waals surface area (Å²) in [4.78, 5) is 30.9. The molecule has 0 radical (unpaired) electrons. The first kappa shape index (κ1) is 14.7. The van der Waals surface area contributed by atoms with Crippen LogP contribution in [-0.2, 0) is 11.3 Å². The summed E-state index contributed by atoms with van der Waals surface area (Å²) in [5.41, 5.74) is 2.09. The molecule has 0 aromatic carbocycles. The molecule has 5 heteroatoms. The Balaban J connectivity index is 1.48. The number of nitrogens with zero attached hydrogens (tertiary/aromatic N) is 3. The van der Waals surface area contributed by atoms with Crippen molar-refractivity contribution >= 4 is 5.91 Å². The lowest BCUT2D eigenvalue weighted by Crippen LogP contribution is -2.47. The maximum Gasteiger partial charge on any atom is 0.253 e. The first-order valence-corrected chi connectivity index (χ1v) is 8.64. The summed E-state index contributed by atoms with van der Waals surface area (Å²) in [6.07, 6.45) is 10.9. The number of carbonyl (C=O) groups excluding carboxylic acids is 1. The van der Waals surface area contributed by atoms with Gasteiger partial charge in [0.1, 0.15) is 6.54 Å². The van der Waals surface area contributed by atoms with Crippen molar-refractivity contribution in [3.05, 3.63) is 40.1 Å². The quantitative estimate of drug-likeness (QED) is 0.803. The van der Waals surface area contributed by atoms with Gasteiger partial charge in [-0.3, -0.25) is 14.2 Å². The molecule has 1 aromatic heterocycles. The molecule has 0 spiro atoms.